The van der Waals surface area contributed by atoms with Gasteiger partial charge in [-0.25, -0.2) is 4.79 Å². The highest BCUT2D eigenvalue weighted by Crippen LogP contribution is 2.23. The molecule has 0 aliphatic carbocycles. The molecule has 0 atom stereocenters. The molecule has 1 rings (SSSR count). The average molecular weight is 250 g/mol. The van der Waals surface area contributed by atoms with E-state index in [2.05, 4.69) is 0 Å². The Balaban J connectivity index is 2.96. The minimum absolute atomic E-state index is 0.232. The quantitative estimate of drug-likeness (QED) is 0.611. The van der Waals surface area contributed by atoms with Gasteiger partial charge in [0.25, 0.3) is 0 Å². The average Bonchev–Trinajstić information content (AvgIpc) is 2.28. The monoisotopic (exact) mass is 250 g/mol. The second kappa shape index (κ2) is 5.67. The lowest BCUT2D eigenvalue weighted by atomic mass is 9.97. The summed E-state index contributed by atoms with van der Waals surface area (Å²) >= 11 is 0. The summed E-state index contributed by atoms with van der Waals surface area (Å²) in [5.74, 6) is -0.648. The molecule has 4 heteroatoms. The molecule has 0 radical (unpaired) electrons. The van der Waals surface area contributed by atoms with E-state index in [1.165, 1.54) is 0 Å². The number of carbonyl (C=O) groups excluding carboxylic acids is 2. The number of rotatable bonds is 3. The third kappa shape index (κ3) is 3.58. The van der Waals surface area contributed by atoms with Crippen molar-refractivity contribution in [2.24, 2.45) is 5.41 Å². The van der Waals surface area contributed by atoms with Gasteiger partial charge in [-0.3, -0.25) is 4.79 Å². The van der Waals surface area contributed by atoms with Crippen LogP contribution in [0, 0.1) is 5.41 Å². The molecule has 1 aromatic carbocycles. The number of para-hydroxylation sites is 1. The summed E-state index contributed by atoms with van der Waals surface area (Å²) < 4.78 is 10.1. The molecule has 1 aromatic rings. The number of hydrogen-bond acceptors (Lipinski definition) is 4. The van der Waals surface area contributed by atoms with Gasteiger partial charge < -0.3 is 9.47 Å². The number of benzene rings is 1. The molecule has 0 spiro atoms. The van der Waals surface area contributed by atoms with E-state index in [1.807, 2.05) is 0 Å². The highest BCUT2D eigenvalue weighted by Gasteiger charge is 2.25. The van der Waals surface area contributed by atoms with Crippen molar-refractivity contribution in [2.45, 2.75) is 27.7 Å². The summed E-state index contributed by atoms with van der Waals surface area (Å²) in [6.07, 6.45) is 0. The maximum absolute atomic E-state index is 11.8. The molecule has 0 N–H and O–H groups in total. The number of ether oxygens (including phenoxy) is 2. The smallest absolute Gasteiger partial charge is 0.341 e. The van der Waals surface area contributed by atoms with Gasteiger partial charge in [-0.15, -0.1) is 0 Å². The van der Waals surface area contributed by atoms with Crippen molar-refractivity contribution in [3.63, 3.8) is 0 Å². The Morgan fingerprint density at radius 2 is 1.78 bits per heavy atom. The first-order chi connectivity index (χ1) is 8.36. The first-order valence-electron chi connectivity index (χ1n) is 5.84. The summed E-state index contributed by atoms with van der Waals surface area (Å²) in [5.41, 5.74) is -0.362. The topological polar surface area (TPSA) is 52.6 Å². The lowest BCUT2D eigenvalue weighted by Crippen LogP contribution is -2.26. The molecule has 98 valence electrons. The van der Waals surface area contributed by atoms with Crippen LogP contribution < -0.4 is 4.74 Å². The van der Waals surface area contributed by atoms with Crippen LogP contribution in [0.25, 0.3) is 0 Å². The summed E-state index contributed by atoms with van der Waals surface area (Å²) in [7, 11) is 0. The van der Waals surface area contributed by atoms with Crippen molar-refractivity contribution in [1.29, 1.82) is 0 Å². The summed E-state index contributed by atoms with van der Waals surface area (Å²) in [5, 5.41) is 0. The van der Waals surface area contributed by atoms with Crippen molar-refractivity contribution in [1.82, 2.24) is 0 Å². The van der Waals surface area contributed by atoms with Crippen LogP contribution in [0.5, 0.6) is 5.75 Å². The molecule has 0 aliphatic rings. The molecule has 0 unspecified atom stereocenters. The fraction of sp³-hybridized carbons (Fsp3) is 0.429. The number of esters is 2. The molecule has 0 aliphatic heterocycles. The van der Waals surface area contributed by atoms with E-state index < -0.39 is 11.4 Å². The first-order valence-corrected chi connectivity index (χ1v) is 5.84. The molecular formula is C14H18O4. The molecule has 0 amide bonds. The van der Waals surface area contributed by atoms with Gasteiger partial charge in [-0.1, -0.05) is 12.1 Å². The molecule has 0 heterocycles. The van der Waals surface area contributed by atoms with Crippen LogP contribution in [-0.2, 0) is 9.53 Å². The predicted molar refractivity (Wildman–Crippen MR) is 67.5 cm³/mol. The maximum atomic E-state index is 11.8. The van der Waals surface area contributed by atoms with Gasteiger partial charge in [0.1, 0.15) is 11.3 Å². The van der Waals surface area contributed by atoms with Gasteiger partial charge in [0, 0.05) is 0 Å². The Labute approximate surface area is 107 Å². The number of carbonyl (C=O) groups is 2. The van der Waals surface area contributed by atoms with Crippen LogP contribution in [0.4, 0.5) is 0 Å². The van der Waals surface area contributed by atoms with Gasteiger partial charge in [0.2, 0.25) is 0 Å². The van der Waals surface area contributed by atoms with Crippen molar-refractivity contribution in [2.75, 3.05) is 6.61 Å². The van der Waals surface area contributed by atoms with Crippen molar-refractivity contribution >= 4 is 11.9 Å². The van der Waals surface area contributed by atoms with Crippen LogP contribution in [0.15, 0.2) is 24.3 Å². The number of hydrogen-bond donors (Lipinski definition) is 0. The Kier molecular flexibility index (Phi) is 4.48. The van der Waals surface area contributed by atoms with E-state index in [0.717, 1.165) is 0 Å². The van der Waals surface area contributed by atoms with E-state index in [1.54, 1.807) is 52.0 Å². The lowest BCUT2D eigenvalue weighted by Gasteiger charge is -2.17. The normalized spacial score (nSPS) is 10.9. The largest absolute Gasteiger partial charge is 0.462 e. The van der Waals surface area contributed by atoms with Gasteiger partial charge in [-0.2, -0.15) is 0 Å². The minimum atomic E-state index is -0.623. The molecular weight excluding hydrogens is 232 g/mol. The first kappa shape index (κ1) is 14.2. The van der Waals surface area contributed by atoms with Gasteiger partial charge in [0.05, 0.1) is 12.0 Å². The zero-order valence-corrected chi connectivity index (χ0v) is 11.1. The van der Waals surface area contributed by atoms with E-state index in [0.29, 0.717) is 0 Å². The fourth-order valence-corrected chi connectivity index (χ4v) is 1.19. The molecule has 0 fully saturated rings. The zero-order valence-electron chi connectivity index (χ0n) is 11.1. The standard InChI is InChI=1S/C14H18O4/c1-5-17-12(15)10-8-6-7-9-11(10)18-13(16)14(2,3)4/h6-9H,5H2,1-4H3. The van der Waals surface area contributed by atoms with E-state index >= 15 is 0 Å². The summed E-state index contributed by atoms with van der Waals surface area (Å²) in [6, 6.07) is 6.55. The third-order valence-electron chi connectivity index (χ3n) is 2.20. The lowest BCUT2D eigenvalue weighted by molar-refractivity contribution is -0.143. The summed E-state index contributed by atoms with van der Waals surface area (Å²) in [6.45, 7) is 7.26. The predicted octanol–water partition coefficient (Wildman–Crippen LogP) is 2.81. The van der Waals surface area contributed by atoms with Gasteiger partial charge >= 0.3 is 11.9 Å². The Bertz CT molecular complexity index is 443. The maximum Gasteiger partial charge on any atom is 0.341 e. The third-order valence-corrected chi connectivity index (χ3v) is 2.20. The zero-order chi connectivity index (χ0) is 13.8. The van der Waals surface area contributed by atoms with Gasteiger partial charge in [0.15, 0.2) is 0 Å². The Hall–Kier alpha value is -1.84. The van der Waals surface area contributed by atoms with Crippen molar-refractivity contribution in [3.8, 4) is 5.75 Å². The van der Waals surface area contributed by atoms with Crippen molar-refractivity contribution in [3.05, 3.63) is 29.8 Å². The van der Waals surface area contributed by atoms with Crippen LogP contribution in [-0.4, -0.2) is 18.5 Å². The fourth-order valence-electron chi connectivity index (χ4n) is 1.19. The second-order valence-electron chi connectivity index (χ2n) is 4.86. The van der Waals surface area contributed by atoms with Crippen LogP contribution in [0.2, 0.25) is 0 Å². The highest BCUT2D eigenvalue weighted by molar-refractivity contribution is 5.93. The minimum Gasteiger partial charge on any atom is -0.462 e. The van der Waals surface area contributed by atoms with Crippen LogP contribution in [0.3, 0.4) is 0 Å². The van der Waals surface area contributed by atoms with Crippen molar-refractivity contribution < 1.29 is 19.1 Å². The Morgan fingerprint density at radius 3 is 2.33 bits per heavy atom. The SMILES string of the molecule is CCOC(=O)c1ccccc1OC(=O)C(C)(C)C. The molecule has 0 aromatic heterocycles. The second-order valence-corrected chi connectivity index (χ2v) is 4.86. The van der Waals surface area contributed by atoms with Crippen LogP contribution >= 0.6 is 0 Å². The molecule has 4 nitrogen and oxygen atoms in total. The van der Waals surface area contributed by atoms with Crippen LogP contribution in [0.1, 0.15) is 38.1 Å². The molecule has 0 saturated heterocycles. The van der Waals surface area contributed by atoms with E-state index in [-0.39, 0.29) is 23.9 Å². The Morgan fingerprint density at radius 1 is 1.17 bits per heavy atom. The molecule has 0 saturated carbocycles. The van der Waals surface area contributed by atoms with E-state index in [4.69, 9.17) is 9.47 Å². The molecule has 0 bridgehead atoms. The van der Waals surface area contributed by atoms with E-state index in [9.17, 15) is 9.59 Å². The molecule has 18 heavy (non-hydrogen) atoms. The van der Waals surface area contributed by atoms with Gasteiger partial charge in [-0.05, 0) is 39.8 Å². The highest BCUT2D eigenvalue weighted by atomic mass is 16.5. The summed E-state index contributed by atoms with van der Waals surface area (Å²) in [4.78, 5) is 23.5.